The van der Waals surface area contributed by atoms with Crippen molar-refractivity contribution in [2.24, 2.45) is 5.92 Å². The standard InChI is InChI=1S/C18H35N3O2/c1-13(2)8-9-18(3,23)12-19-17(22)20-14-10-15-6-5-7-16(11-14)21(15)4/h13-16,23H,5-12H2,1-4H3,(H2,19,20,22). The molecule has 0 spiro atoms. The summed E-state index contributed by atoms with van der Waals surface area (Å²) in [6.07, 6.45) is 7.58. The van der Waals surface area contributed by atoms with Crippen molar-refractivity contribution in [1.82, 2.24) is 15.5 Å². The van der Waals surface area contributed by atoms with E-state index in [1.165, 1.54) is 19.3 Å². The summed E-state index contributed by atoms with van der Waals surface area (Å²) in [5.74, 6) is 0.564. The summed E-state index contributed by atoms with van der Waals surface area (Å²) in [6, 6.07) is 1.36. The van der Waals surface area contributed by atoms with Crippen molar-refractivity contribution in [2.45, 2.75) is 89.4 Å². The monoisotopic (exact) mass is 325 g/mol. The Kier molecular flexibility index (Phi) is 6.32. The Bertz CT molecular complexity index is 384. The van der Waals surface area contributed by atoms with E-state index in [0.717, 1.165) is 19.3 Å². The fraction of sp³-hybridized carbons (Fsp3) is 0.944. The summed E-state index contributed by atoms with van der Waals surface area (Å²) in [7, 11) is 2.22. The van der Waals surface area contributed by atoms with E-state index < -0.39 is 5.60 Å². The van der Waals surface area contributed by atoms with Crippen LogP contribution < -0.4 is 10.6 Å². The van der Waals surface area contributed by atoms with E-state index in [2.05, 4.69) is 36.4 Å². The highest BCUT2D eigenvalue weighted by Crippen LogP contribution is 2.32. The van der Waals surface area contributed by atoms with Gasteiger partial charge in [-0.05, 0) is 58.4 Å². The van der Waals surface area contributed by atoms with Crippen LogP contribution in [0.25, 0.3) is 0 Å². The van der Waals surface area contributed by atoms with Crippen LogP contribution in [-0.4, -0.2) is 53.4 Å². The molecule has 2 amide bonds. The third-order valence-electron chi connectivity index (χ3n) is 5.57. The molecule has 0 aliphatic carbocycles. The molecule has 3 atom stereocenters. The highest BCUT2D eigenvalue weighted by atomic mass is 16.3. The molecule has 0 aromatic heterocycles. The number of hydrogen-bond donors (Lipinski definition) is 3. The molecule has 2 aliphatic heterocycles. The molecule has 23 heavy (non-hydrogen) atoms. The second-order valence-electron chi connectivity index (χ2n) is 8.33. The van der Waals surface area contributed by atoms with Gasteiger partial charge in [0.2, 0.25) is 0 Å². The minimum Gasteiger partial charge on any atom is -0.388 e. The fourth-order valence-corrected chi connectivity index (χ4v) is 3.93. The normalized spacial score (nSPS) is 30.8. The lowest BCUT2D eigenvalue weighted by molar-refractivity contribution is 0.0438. The van der Waals surface area contributed by atoms with Crippen molar-refractivity contribution in [3.63, 3.8) is 0 Å². The van der Waals surface area contributed by atoms with E-state index >= 15 is 0 Å². The molecule has 2 heterocycles. The smallest absolute Gasteiger partial charge is 0.315 e. The Hall–Kier alpha value is -0.810. The van der Waals surface area contributed by atoms with Gasteiger partial charge >= 0.3 is 6.03 Å². The third-order valence-corrected chi connectivity index (χ3v) is 5.57. The minimum absolute atomic E-state index is 0.137. The number of nitrogens with one attached hydrogen (secondary N) is 2. The van der Waals surface area contributed by atoms with Gasteiger partial charge in [0, 0.05) is 24.7 Å². The Morgan fingerprint density at radius 2 is 1.91 bits per heavy atom. The topological polar surface area (TPSA) is 64.6 Å². The van der Waals surface area contributed by atoms with E-state index in [0.29, 0.717) is 31.0 Å². The van der Waals surface area contributed by atoms with Crippen molar-refractivity contribution in [3.8, 4) is 0 Å². The van der Waals surface area contributed by atoms with E-state index in [1.54, 1.807) is 6.92 Å². The Balaban J connectivity index is 1.72. The molecule has 0 aromatic carbocycles. The number of hydrogen-bond acceptors (Lipinski definition) is 3. The maximum atomic E-state index is 12.2. The van der Waals surface area contributed by atoms with Gasteiger partial charge < -0.3 is 20.6 Å². The first kappa shape index (κ1) is 18.5. The van der Waals surface area contributed by atoms with Gasteiger partial charge in [0.05, 0.1) is 5.60 Å². The molecule has 0 radical (unpaired) electrons. The number of aliphatic hydroxyl groups is 1. The molecule has 2 rings (SSSR count). The van der Waals surface area contributed by atoms with Gasteiger partial charge in [-0.15, -0.1) is 0 Å². The summed E-state index contributed by atoms with van der Waals surface area (Å²) in [5, 5.41) is 16.3. The Morgan fingerprint density at radius 3 is 2.48 bits per heavy atom. The summed E-state index contributed by atoms with van der Waals surface area (Å²) in [6.45, 7) is 6.40. The Labute approximate surface area is 141 Å². The predicted molar refractivity (Wildman–Crippen MR) is 93.4 cm³/mol. The van der Waals surface area contributed by atoms with Gasteiger partial charge in [0.1, 0.15) is 0 Å². The number of carbonyl (C=O) groups is 1. The van der Waals surface area contributed by atoms with Crippen LogP contribution in [0.3, 0.4) is 0 Å². The lowest BCUT2D eigenvalue weighted by atomic mass is 9.82. The van der Waals surface area contributed by atoms with Crippen molar-refractivity contribution in [1.29, 1.82) is 0 Å². The van der Waals surface area contributed by atoms with Crippen molar-refractivity contribution < 1.29 is 9.90 Å². The quantitative estimate of drug-likeness (QED) is 0.703. The molecule has 5 nitrogen and oxygen atoms in total. The molecule has 2 fully saturated rings. The fourth-order valence-electron chi connectivity index (χ4n) is 3.93. The molecule has 134 valence electrons. The number of urea groups is 1. The summed E-state index contributed by atoms with van der Waals surface area (Å²) >= 11 is 0. The number of rotatable bonds is 6. The zero-order valence-corrected chi connectivity index (χ0v) is 15.3. The summed E-state index contributed by atoms with van der Waals surface area (Å²) < 4.78 is 0. The maximum absolute atomic E-state index is 12.2. The molecule has 0 saturated carbocycles. The van der Waals surface area contributed by atoms with Gasteiger partial charge in [-0.1, -0.05) is 20.3 Å². The van der Waals surface area contributed by atoms with Crippen molar-refractivity contribution in [3.05, 3.63) is 0 Å². The van der Waals surface area contributed by atoms with Gasteiger partial charge in [0.15, 0.2) is 0 Å². The molecular formula is C18H35N3O2. The van der Waals surface area contributed by atoms with E-state index in [1.807, 2.05) is 0 Å². The lowest BCUT2D eigenvalue weighted by Gasteiger charge is -2.47. The molecular weight excluding hydrogens is 290 g/mol. The molecule has 2 saturated heterocycles. The van der Waals surface area contributed by atoms with E-state index in [-0.39, 0.29) is 12.1 Å². The SMILES string of the molecule is CC(C)CCC(C)(O)CNC(=O)NC1CC2CCCC(C1)N2C. The minimum atomic E-state index is -0.828. The highest BCUT2D eigenvalue weighted by molar-refractivity contribution is 5.74. The number of carbonyl (C=O) groups excluding carboxylic acids is 1. The van der Waals surface area contributed by atoms with E-state index in [9.17, 15) is 9.90 Å². The van der Waals surface area contributed by atoms with Gasteiger partial charge in [0.25, 0.3) is 0 Å². The van der Waals surface area contributed by atoms with Crippen LogP contribution in [0.15, 0.2) is 0 Å². The molecule has 2 bridgehead atoms. The third kappa shape index (κ3) is 5.64. The summed E-state index contributed by atoms with van der Waals surface area (Å²) in [5.41, 5.74) is -0.828. The zero-order valence-electron chi connectivity index (χ0n) is 15.3. The molecule has 0 aromatic rings. The highest BCUT2D eigenvalue weighted by Gasteiger charge is 2.36. The number of nitrogens with zero attached hydrogens (tertiary/aromatic N) is 1. The number of piperidine rings is 2. The first-order valence-corrected chi connectivity index (χ1v) is 9.25. The largest absolute Gasteiger partial charge is 0.388 e. The van der Waals surface area contributed by atoms with Crippen LogP contribution in [0.4, 0.5) is 4.79 Å². The number of fused-ring (bicyclic) bond motifs is 2. The molecule has 3 N–H and O–H groups in total. The average molecular weight is 325 g/mol. The van der Waals surface area contributed by atoms with Crippen LogP contribution in [0.1, 0.15) is 65.7 Å². The second kappa shape index (κ2) is 7.84. The van der Waals surface area contributed by atoms with Crippen molar-refractivity contribution in [2.75, 3.05) is 13.6 Å². The maximum Gasteiger partial charge on any atom is 0.315 e. The van der Waals surface area contributed by atoms with Gasteiger partial charge in [-0.3, -0.25) is 0 Å². The molecule has 3 unspecified atom stereocenters. The van der Waals surface area contributed by atoms with Crippen LogP contribution in [0.2, 0.25) is 0 Å². The van der Waals surface area contributed by atoms with E-state index in [4.69, 9.17) is 0 Å². The van der Waals surface area contributed by atoms with Crippen LogP contribution >= 0.6 is 0 Å². The van der Waals surface area contributed by atoms with Gasteiger partial charge in [-0.2, -0.15) is 0 Å². The van der Waals surface area contributed by atoms with Crippen LogP contribution in [-0.2, 0) is 0 Å². The first-order valence-electron chi connectivity index (χ1n) is 9.25. The second-order valence-corrected chi connectivity index (χ2v) is 8.33. The Morgan fingerprint density at radius 1 is 1.30 bits per heavy atom. The zero-order chi connectivity index (χ0) is 17.0. The molecule has 2 aliphatic rings. The first-order chi connectivity index (χ1) is 10.8. The molecule has 5 heteroatoms. The van der Waals surface area contributed by atoms with Crippen LogP contribution in [0.5, 0.6) is 0 Å². The average Bonchev–Trinajstić information content (AvgIpc) is 2.45. The lowest BCUT2D eigenvalue weighted by Crippen LogP contribution is -2.57. The predicted octanol–water partition coefficient (Wildman–Crippen LogP) is 2.49. The van der Waals surface area contributed by atoms with Crippen LogP contribution in [0, 0.1) is 5.92 Å². The van der Waals surface area contributed by atoms with Gasteiger partial charge in [-0.25, -0.2) is 4.79 Å². The number of amides is 2. The summed E-state index contributed by atoms with van der Waals surface area (Å²) in [4.78, 5) is 14.6. The van der Waals surface area contributed by atoms with Crippen molar-refractivity contribution >= 4 is 6.03 Å².